The Kier molecular flexibility index (Phi) is 4.43. The highest BCUT2D eigenvalue weighted by atomic mass is 35.5. The van der Waals surface area contributed by atoms with Crippen LogP contribution in [0.4, 0.5) is 13.2 Å². The van der Waals surface area contributed by atoms with Gasteiger partial charge < -0.3 is 0 Å². The summed E-state index contributed by atoms with van der Waals surface area (Å²) in [4.78, 5) is 11.6. The van der Waals surface area contributed by atoms with Crippen molar-refractivity contribution in [2.75, 3.05) is 0 Å². The molecule has 24 heavy (non-hydrogen) atoms. The highest BCUT2D eigenvalue weighted by Crippen LogP contribution is 2.32. The molecule has 8 heteroatoms. The number of benzene rings is 1. The third kappa shape index (κ3) is 3.66. The van der Waals surface area contributed by atoms with Crippen LogP contribution in [0, 0.1) is 0 Å². The number of hydrogen-bond acceptors (Lipinski definition) is 3. The fourth-order valence-corrected chi connectivity index (χ4v) is 2.33. The molecule has 0 aliphatic rings. The zero-order valence-corrected chi connectivity index (χ0v) is 13.4. The van der Waals surface area contributed by atoms with Gasteiger partial charge in [0.1, 0.15) is 10.8 Å². The molecule has 3 aromatic rings. The zero-order valence-electron chi connectivity index (χ0n) is 11.9. The lowest BCUT2D eigenvalue weighted by atomic mass is 10.1. The molecular formula is C16H8Cl2F3N3. The molecule has 0 unspecified atom stereocenters. The van der Waals surface area contributed by atoms with E-state index in [9.17, 15) is 13.2 Å². The summed E-state index contributed by atoms with van der Waals surface area (Å²) in [6.45, 7) is 0. The smallest absolute Gasteiger partial charge is 0.245 e. The fraction of sp³-hybridized carbons (Fsp3) is 0.0625. The van der Waals surface area contributed by atoms with Crippen LogP contribution in [0.2, 0.25) is 10.2 Å². The molecule has 1 aromatic carbocycles. The van der Waals surface area contributed by atoms with E-state index < -0.39 is 11.9 Å². The van der Waals surface area contributed by atoms with Crippen molar-refractivity contribution in [2.45, 2.75) is 6.18 Å². The molecule has 0 aliphatic carbocycles. The molecule has 3 rings (SSSR count). The molecule has 0 bridgehead atoms. The SMILES string of the molecule is FC(F)(F)c1cc(-c2ccc(Cl)cc2)nc(-c2ccnc(Cl)c2)n1. The maximum Gasteiger partial charge on any atom is 0.433 e. The quantitative estimate of drug-likeness (QED) is 0.557. The van der Waals surface area contributed by atoms with E-state index in [1.165, 1.54) is 18.3 Å². The lowest BCUT2D eigenvalue weighted by Crippen LogP contribution is -2.10. The highest BCUT2D eigenvalue weighted by Gasteiger charge is 2.34. The van der Waals surface area contributed by atoms with E-state index in [4.69, 9.17) is 23.2 Å². The van der Waals surface area contributed by atoms with E-state index in [1.807, 2.05) is 0 Å². The lowest BCUT2D eigenvalue weighted by molar-refractivity contribution is -0.141. The van der Waals surface area contributed by atoms with E-state index >= 15 is 0 Å². The van der Waals surface area contributed by atoms with Gasteiger partial charge in [0, 0.05) is 22.3 Å². The Hall–Kier alpha value is -2.18. The van der Waals surface area contributed by atoms with Crippen molar-refractivity contribution in [1.29, 1.82) is 0 Å². The van der Waals surface area contributed by atoms with E-state index in [-0.39, 0.29) is 16.7 Å². The maximum atomic E-state index is 13.2. The predicted octanol–water partition coefficient (Wildman–Crippen LogP) is 5.53. The second kappa shape index (κ2) is 6.37. The summed E-state index contributed by atoms with van der Waals surface area (Å²) in [5.41, 5.74) is -0.0627. The number of aromatic nitrogens is 3. The van der Waals surface area contributed by atoms with E-state index in [1.54, 1.807) is 24.3 Å². The number of halogens is 5. The molecule has 2 heterocycles. The van der Waals surface area contributed by atoms with Gasteiger partial charge in [-0.1, -0.05) is 35.3 Å². The third-order valence-corrected chi connectivity index (χ3v) is 3.60. The summed E-state index contributed by atoms with van der Waals surface area (Å²) in [6, 6.07) is 10.1. The molecular weight excluding hydrogens is 362 g/mol. The van der Waals surface area contributed by atoms with Crippen molar-refractivity contribution in [3.63, 3.8) is 0 Å². The van der Waals surface area contributed by atoms with Gasteiger partial charge in [-0.15, -0.1) is 0 Å². The van der Waals surface area contributed by atoms with Crippen LogP contribution in [0.1, 0.15) is 5.69 Å². The van der Waals surface area contributed by atoms with Gasteiger partial charge in [0.25, 0.3) is 0 Å². The zero-order chi connectivity index (χ0) is 17.3. The van der Waals surface area contributed by atoms with Gasteiger partial charge in [0.05, 0.1) is 5.69 Å². The summed E-state index contributed by atoms with van der Waals surface area (Å²) in [7, 11) is 0. The van der Waals surface area contributed by atoms with Crippen LogP contribution in [0.15, 0.2) is 48.7 Å². The number of hydrogen-bond donors (Lipinski definition) is 0. The molecule has 0 saturated carbocycles. The number of nitrogens with zero attached hydrogens (tertiary/aromatic N) is 3. The first-order valence-electron chi connectivity index (χ1n) is 6.67. The first kappa shape index (κ1) is 16.7. The third-order valence-electron chi connectivity index (χ3n) is 3.14. The van der Waals surface area contributed by atoms with Gasteiger partial charge in [0.2, 0.25) is 0 Å². The van der Waals surface area contributed by atoms with Crippen LogP contribution < -0.4 is 0 Å². The van der Waals surface area contributed by atoms with Crippen molar-refractivity contribution in [1.82, 2.24) is 15.0 Å². The largest absolute Gasteiger partial charge is 0.433 e. The van der Waals surface area contributed by atoms with Crippen LogP contribution in [0.5, 0.6) is 0 Å². The average molecular weight is 370 g/mol. The van der Waals surface area contributed by atoms with Crippen molar-refractivity contribution < 1.29 is 13.2 Å². The maximum absolute atomic E-state index is 13.2. The minimum absolute atomic E-state index is 0.0842. The van der Waals surface area contributed by atoms with Gasteiger partial charge in [-0.2, -0.15) is 13.2 Å². The summed E-state index contributed by atoms with van der Waals surface area (Å²) < 4.78 is 39.5. The van der Waals surface area contributed by atoms with E-state index in [2.05, 4.69) is 15.0 Å². The number of pyridine rings is 1. The second-order valence-electron chi connectivity index (χ2n) is 4.83. The molecule has 0 aliphatic heterocycles. The van der Waals surface area contributed by atoms with Crippen molar-refractivity contribution >= 4 is 23.2 Å². The van der Waals surface area contributed by atoms with Crippen LogP contribution in [-0.2, 0) is 6.18 Å². The second-order valence-corrected chi connectivity index (χ2v) is 5.66. The number of rotatable bonds is 2. The van der Waals surface area contributed by atoms with Gasteiger partial charge in [-0.05, 0) is 30.3 Å². The first-order chi connectivity index (χ1) is 11.3. The Morgan fingerprint density at radius 1 is 0.833 bits per heavy atom. The monoisotopic (exact) mass is 369 g/mol. The molecule has 0 saturated heterocycles. The van der Waals surface area contributed by atoms with E-state index in [0.717, 1.165) is 6.07 Å². The summed E-state index contributed by atoms with van der Waals surface area (Å²) in [5, 5.41) is 0.617. The molecule has 0 atom stereocenters. The Labute approximate surface area is 145 Å². The molecule has 2 aromatic heterocycles. The molecule has 3 nitrogen and oxygen atoms in total. The van der Waals surface area contributed by atoms with Crippen LogP contribution in [-0.4, -0.2) is 15.0 Å². The Bertz CT molecular complexity index is 880. The van der Waals surface area contributed by atoms with E-state index in [0.29, 0.717) is 16.1 Å². The van der Waals surface area contributed by atoms with Gasteiger partial charge in [-0.3, -0.25) is 0 Å². The summed E-state index contributed by atoms with van der Waals surface area (Å²) >= 11 is 11.6. The fourth-order valence-electron chi connectivity index (χ4n) is 2.03. The topological polar surface area (TPSA) is 38.7 Å². The molecule has 0 amide bonds. The Balaban J connectivity index is 2.19. The molecule has 122 valence electrons. The standard InChI is InChI=1S/C16H8Cl2F3N3/c17-11-3-1-9(2-4-11)12-8-13(16(19,20)21)24-15(23-12)10-5-6-22-14(18)7-10/h1-8H. The Morgan fingerprint density at radius 3 is 2.17 bits per heavy atom. The minimum Gasteiger partial charge on any atom is -0.245 e. The minimum atomic E-state index is -4.60. The van der Waals surface area contributed by atoms with Gasteiger partial charge in [0.15, 0.2) is 5.82 Å². The summed E-state index contributed by atoms with van der Waals surface area (Å²) in [5.74, 6) is -0.0842. The van der Waals surface area contributed by atoms with Crippen molar-refractivity contribution in [3.8, 4) is 22.6 Å². The van der Waals surface area contributed by atoms with Crippen LogP contribution in [0.3, 0.4) is 0 Å². The van der Waals surface area contributed by atoms with Crippen molar-refractivity contribution in [3.05, 3.63) is 64.5 Å². The normalized spacial score (nSPS) is 11.5. The lowest BCUT2D eigenvalue weighted by Gasteiger charge is -2.11. The molecule has 0 fully saturated rings. The van der Waals surface area contributed by atoms with Crippen LogP contribution in [0.25, 0.3) is 22.6 Å². The molecule has 0 N–H and O–H groups in total. The van der Waals surface area contributed by atoms with Gasteiger partial charge in [-0.25, -0.2) is 15.0 Å². The first-order valence-corrected chi connectivity index (χ1v) is 7.43. The molecule has 0 radical (unpaired) electrons. The predicted molar refractivity (Wildman–Crippen MR) is 85.7 cm³/mol. The van der Waals surface area contributed by atoms with Crippen molar-refractivity contribution in [2.24, 2.45) is 0 Å². The van der Waals surface area contributed by atoms with Gasteiger partial charge >= 0.3 is 6.18 Å². The number of alkyl halides is 3. The molecule has 0 spiro atoms. The Morgan fingerprint density at radius 2 is 1.54 bits per heavy atom. The van der Waals surface area contributed by atoms with Crippen LogP contribution >= 0.6 is 23.2 Å². The summed E-state index contributed by atoms with van der Waals surface area (Å²) in [6.07, 6.45) is -3.22. The average Bonchev–Trinajstić information content (AvgIpc) is 2.54. The highest BCUT2D eigenvalue weighted by molar-refractivity contribution is 6.30.